The zero-order valence-electron chi connectivity index (χ0n) is 26.5. The molecule has 0 fully saturated rings. The van der Waals surface area contributed by atoms with Crippen molar-refractivity contribution in [1.29, 1.82) is 0 Å². The summed E-state index contributed by atoms with van der Waals surface area (Å²) in [7, 11) is 0. The second-order valence-electron chi connectivity index (χ2n) is 13.3. The Balaban J connectivity index is 3.59. The van der Waals surface area contributed by atoms with Gasteiger partial charge in [-0.25, -0.2) is 4.79 Å². The van der Waals surface area contributed by atoms with Crippen molar-refractivity contribution in [3.05, 3.63) is 34.9 Å². The van der Waals surface area contributed by atoms with Crippen LogP contribution in [0.15, 0.2) is 18.2 Å². The maximum absolute atomic E-state index is 14.4. The molecular formula is C32H55N3O4. The second kappa shape index (κ2) is 15.3. The molecule has 7 heteroatoms. The lowest BCUT2D eigenvalue weighted by atomic mass is 9.94. The monoisotopic (exact) mass is 545 g/mol. The smallest absolute Gasteiger partial charge is 0.408 e. The molecule has 2 atom stereocenters. The van der Waals surface area contributed by atoms with Crippen molar-refractivity contribution in [3.63, 3.8) is 0 Å². The maximum Gasteiger partial charge on any atom is 0.408 e. The van der Waals surface area contributed by atoms with Crippen LogP contribution in [-0.2, 0) is 14.3 Å². The SMILES string of the molecule is CCCCCCCN(C(=O)C(CC(C)C)NC(=O)OC(C)(C)C)C(C(=O)NC(C)(C)C)c1cc(C)ccc1C. The molecule has 0 aliphatic heterocycles. The van der Waals surface area contributed by atoms with Gasteiger partial charge in [-0.05, 0) is 85.3 Å². The fourth-order valence-corrected chi connectivity index (χ4v) is 4.54. The quantitative estimate of drug-likeness (QED) is 0.261. The highest BCUT2D eigenvalue weighted by Gasteiger charge is 2.38. The molecule has 0 bridgehead atoms. The Morgan fingerprint density at radius 2 is 1.56 bits per heavy atom. The Labute approximate surface area is 237 Å². The van der Waals surface area contributed by atoms with Crippen molar-refractivity contribution in [2.45, 2.75) is 138 Å². The number of nitrogens with one attached hydrogen (secondary N) is 2. The Bertz CT molecular complexity index is 944. The van der Waals surface area contributed by atoms with Crippen LogP contribution in [0, 0.1) is 19.8 Å². The third-order valence-electron chi connectivity index (χ3n) is 6.27. The van der Waals surface area contributed by atoms with Crippen molar-refractivity contribution in [2.75, 3.05) is 6.54 Å². The summed E-state index contributed by atoms with van der Waals surface area (Å²) in [6.45, 7) is 21.8. The lowest BCUT2D eigenvalue weighted by Crippen LogP contribution is -2.55. The molecule has 2 unspecified atom stereocenters. The predicted molar refractivity (Wildman–Crippen MR) is 160 cm³/mol. The van der Waals surface area contributed by atoms with Gasteiger partial charge in [0.15, 0.2) is 0 Å². The molecule has 0 aliphatic rings. The van der Waals surface area contributed by atoms with Crippen LogP contribution in [0.1, 0.15) is 124 Å². The summed E-state index contributed by atoms with van der Waals surface area (Å²) in [6, 6.07) is 4.37. The summed E-state index contributed by atoms with van der Waals surface area (Å²) in [5.74, 6) is -0.346. The van der Waals surface area contributed by atoms with Crippen LogP contribution in [-0.4, -0.2) is 46.5 Å². The zero-order chi connectivity index (χ0) is 30.0. The molecule has 0 aromatic heterocycles. The fourth-order valence-electron chi connectivity index (χ4n) is 4.54. The number of carbonyl (C=O) groups excluding carboxylic acids is 3. The molecule has 0 saturated carbocycles. The van der Waals surface area contributed by atoms with Gasteiger partial charge in [0.25, 0.3) is 0 Å². The molecule has 7 nitrogen and oxygen atoms in total. The normalized spacial score (nSPS) is 13.5. The van der Waals surface area contributed by atoms with Crippen LogP contribution in [0.25, 0.3) is 0 Å². The molecule has 0 radical (unpaired) electrons. The predicted octanol–water partition coefficient (Wildman–Crippen LogP) is 7.00. The number of amides is 3. The molecule has 0 spiro atoms. The highest BCUT2D eigenvalue weighted by molar-refractivity contribution is 5.92. The third-order valence-corrected chi connectivity index (χ3v) is 6.27. The first kappa shape index (κ1) is 34.5. The van der Waals surface area contributed by atoms with E-state index >= 15 is 0 Å². The zero-order valence-corrected chi connectivity index (χ0v) is 26.5. The van der Waals surface area contributed by atoms with Gasteiger partial charge in [-0.2, -0.15) is 0 Å². The number of hydrogen-bond acceptors (Lipinski definition) is 4. The molecule has 0 heterocycles. The molecular weight excluding hydrogens is 490 g/mol. The van der Waals surface area contributed by atoms with Crippen LogP contribution >= 0.6 is 0 Å². The summed E-state index contributed by atoms with van der Waals surface area (Å²) in [4.78, 5) is 42.8. The molecule has 1 rings (SSSR count). The second-order valence-corrected chi connectivity index (χ2v) is 13.3. The fraction of sp³-hybridized carbons (Fsp3) is 0.719. The number of benzene rings is 1. The van der Waals surface area contributed by atoms with Gasteiger partial charge in [0.05, 0.1) is 0 Å². The van der Waals surface area contributed by atoms with Crippen molar-refractivity contribution >= 4 is 17.9 Å². The number of rotatable bonds is 13. The van der Waals surface area contributed by atoms with E-state index in [4.69, 9.17) is 4.74 Å². The van der Waals surface area contributed by atoms with E-state index in [1.54, 1.807) is 25.7 Å². The molecule has 0 saturated heterocycles. The van der Waals surface area contributed by atoms with E-state index in [1.165, 1.54) is 0 Å². The van der Waals surface area contributed by atoms with Crippen LogP contribution < -0.4 is 10.6 Å². The number of carbonyl (C=O) groups is 3. The highest BCUT2D eigenvalue weighted by Crippen LogP contribution is 2.29. The maximum atomic E-state index is 14.4. The number of ether oxygens (including phenoxy) is 1. The minimum Gasteiger partial charge on any atom is -0.444 e. The van der Waals surface area contributed by atoms with Gasteiger partial charge >= 0.3 is 6.09 Å². The van der Waals surface area contributed by atoms with Crippen molar-refractivity contribution in [3.8, 4) is 0 Å². The first-order valence-corrected chi connectivity index (χ1v) is 14.6. The number of alkyl carbamates (subject to hydrolysis) is 1. The summed E-state index contributed by atoms with van der Waals surface area (Å²) < 4.78 is 5.50. The average Bonchev–Trinajstić information content (AvgIpc) is 2.76. The van der Waals surface area contributed by atoms with Gasteiger partial charge in [0.2, 0.25) is 11.8 Å². The number of unbranched alkanes of at least 4 members (excludes halogenated alkanes) is 4. The van der Waals surface area contributed by atoms with E-state index in [-0.39, 0.29) is 17.7 Å². The van der Waals surface area contributed by atoms with E-state index in [0.717, 1.165) is 48.8 Å². The lowest BCUT2D eigenvalue weighted by molar-refractivity contribution is -0.143. The van der Waals surface area contributed by atoms with E-state index < -0.39 is 29.3 Å². The number of hydrogen-bond donors (Lipinski definition) is 2. The van der Waals surface area contributed by atoms with Crippen molar-refractivity contribution in [1.82, 2.24) is 15.5 Å². The van der Waals surface area contributed by atoms with E-state index in [1.807, 2.05) is 66.7 Å². The van der Waals surface area contributed by atoms with Gasteiger partial charge in [0, 0.05) is 12.1 Å². The van der Waals surface area contributed by atoms with Crippen LogP contribution in [0.3, 0.4) is 0 Å². The number of aryl methyl sites for hydroxylation is 2. The first-order valence-electron chi connectivity index (χ1n) is 14.6. The minimum atomic E-state index is -0.821. The highest BCUT2D eigenvalue weighted by atomic mass is 16.6. The largest absolute Gasteiger partial charge is 0.444 e. The molecule has 1 aromatic rings. The van der Waals surface area contributed by atoms with Gasteiger partial charge in [0.1, 0.15) is 17.7 Å². The average molecular weight is 546 g/mol. The Morgan fingerprint density at radius 1 is 0.949 bits per heavy atom. The molecule has 3 amide bonds. The molecule has 0 aliphatic carbocycles. The lowest BCUT2D eigenvalue weighted by Gasteiger charge is -2.37. The van der Waals surface area contributed by atoms with Gasteiger partial charge < -0.3 is 20.3 Å². The minimum absolute atomic E-state index is 0.142. The van der Waals surface area contributed by atoms with Crippen molar-refractivity contribution in [2.24, 2.45) is 5.92 Å². The van der Waals surface area contributed by atoms with Gasteiger partial charge in [-0.15, -0.1) is 0 Å². The van der Waals surface area contributed by atoms with E-state index in [0.29, 0.717) is 13.0 Å². The summed E-state index contributed by atoms with van der Waals surface area (Å²) in [5.41, 5.74) is 1.60. The van der Waals surface area contributed by atoms with Crippen molar-refractivity contribution < 1.29 is 19.1 Å². The van der Waals surface area contributed by atoms with Crippen LogP contribution in [0.4, 0.5) is 4.79 Å². The summed E-state index contributed by atoms with van der Waals surface area (Å²) in [5, 5.41) is 5.95. The molecule has 2 N–H and O–H groups in total. The van der Waals surface area contributed by atoms with E-state index in [9.17, 15) is 14.4 Å². The first-order chi connectivity index (χ1) is 17.9. The summed E-state index contributed by atoms with van der Waals surface area (Å²) in [6.07, 6.45) is 4.87. The number of nitrogens with zero attached hydrogens (tertiary/aromatic N) is 1. The molecule has 222 valence electrons. The third kappa shape index (κ3) is 12.9. The Kier molecular flexibility index (Phi) is 13.5. The molecule has 39 heavy (non-hydrogen) atoms. The Hall–Kier alpha value is -2.57. The summed E-state index contributed by atoms with van der Waals surface area (Å²) >= 11 is 0. The standard InChI is InChI=1S/C32H55N3O4/c1-12-13-14-15-16-19-35(29(37)26(20-22(2)3)33-30(38)39-32(9,10)11)27(28(36)34-31(6,7)8)25-21-23(4)17-18-24(25)5/h17-18,21-22,26-27H,12-16,19-20H2,1-11H3,(H,33,38)(H,34,36). The van der Waals surface area contributed by atoms with Gasteiger partial charge in [-0.3, -0.25) is 9.59 Å². The molecule has 1 aromatic carbocycles. The topological polar surface area (TPSA) is 87.7 Å². The van der Waals surface area contributed by atoms with Gasteiger partial charge in [-0.1, -0.05) is 70.2 Å². The van der Waals surface area contributed by atoms with Crippen LogP contribution in [0.5, 0.6) is 0 Å². The van der Waals surface area contributed by atoms with Crippen LogP contribution in [0.2, 0.25) is 0 Å². The van der Waals surface area contributed by atoms with E-state index in [2.05, 4.69) is 17.6 Å². The Morgan fingerprint density at radius 3 is 2.10 bits per heavy atom.